The molecule has 1 aliphatic rings. The van der Waals surface area contributed by atoms with Crippen LogP contribution in [0.5, 0.6) is 11.5 Å². The first kappa shape index (κ1) is 13.8. The molecule has 3 rings (SSSR count). The van der Waals surface area contributed by atoms with Crippen LogP contribution < -0.4 is 14.8 Å². The van der Waals surface area contributed by atoms with E-state index in [9.17, 15) is 0 Å². The van der Waals surface area contributed by atoms with Crippen LogP contribution in [0.4, 0.5) is 5.69 Å². The van der Waals surface area contributed by atoms with Crippen LogP contribution in [-0.2, 0) is 0 Å². The smallest absolute Gasteiger partial charge is 0.162 e. The molecule has 0 atom stereocenters. The van der Waals surface area contributed by atoms with Gasteiger partial charge in [0.2, 0.25) is 0 Å². The molecule has 1 aliphatic carbocycles. The summed E-state index contributed by atoms with van der Waals surface area (Å²) in [7, 11) is 3.32. The lowest BCUT2D eigenvalue weighted by Crippen LogP contribution is -2.33. The minimum atomic E-state index is 0.535. The van der Waals surface area contributed by atoms with Crippen molar-refractivity contribution in [1.82, 2.24) is 0 Å². The summed E-state index contributed by atoms with van der Waals surface area (Å²) in [4.78, 5) is 0. The number of nitrogens with one attached hydrogen (secondary N) is 1. The normalized spacial score (nSPS) is 20.5. The van der Waals surface area contributed by atoms with Crippen molar-refractivity contribution in [2.24, 2.45) is 0 Å². The summed E-state index contributed by atoms with van der Waals surface area (Å²) in [6.45, 7) is 0. The molecule has 1 fully saturated rings. The molecular weight excluding hydrogens is 262 g/mol. The van der Waals surface area contributed by atoms with Gasteiger partial charge in [0.1, 0.15) is 0 Å². The molecule has 0 aliphatic heterocycles. The van der Waals surface area contributed by atoms with E-state index in [1.807, 2.05) is 18.2 Å². The Bertz CT molecular complexity index is 591. The second-order valence-corrected chi connectivity index (χ2v) is 5.49. The maximum Gasteiger partial charge on any atom is 0.162 e. The van der Waals surface area contributed by atoms with Gasteiger partial charge in [-0.2, -0.15) is 0 Å². The van der Waals surface area contributed by atoms with E-state index in [0.29, 0.717) is 12.0 Å². The van der Waals surface area contributed by atoms with Gasteiger partial charge in [0.15, 0.2) is 11.5 Å². The van der Waals surface area contributed by atoms with Crippen LogP contribution in [0.25, 0.3) is 0 Å². The average molecular weight is 283 g/mol. The number of benzene rings is 2. The molecule has 2 aromatic carbocycles. The van der Waals surface area contributed by atoms with Crippen LogP contribution in [0.2, 0.25) is 0 Å². The predicted molar refractivity (Wildman–Crippen MR) is 85.4 cm³/mol. The molecule has 0 bridgehead atoms. The molecule has 0 aromatic heterocycles. The lowest BCUT2D eigenvalue weighted by atomic mass is 9.76. The summed E-state index contributed by atoms with van der Waals surface area (Å²) in [6, 6.07) is 17.2. The Labute approximate surface area is 125 Å². The molecule has 1 N–H and O–H groups in total. The van der Waals surface area contributed by atoms with Gasteiger partial charge in [-0.05, 0) is 36.5 Å². The minimum absolute atomic E-state index is 0.535. The van der Waals surface area contributed by atoms with Gasteiger partial charge in [0.25, 0.3) is 0 Å². The van der Waals surface area contributed by atoms with Gasteiger partial charge in [0, 0.05) is 17.8 Å². The third kappa shape index (κ3) is 2.97. The number of rotatable bonds is 5. The van der Waals surface area contributed by atoms with E-state index in [1.165, 1.54) is 18.4 Å². The van der Waals surface area contributed by atoms with Gasteiger partial charge in [-0.15, -0.1) is 0 Å². The summed E-state index contributed by atoms with van der Waals surface area (Å²) in [5.41, 5.74) is 2.53. The standard InChI is InChI=1S/C18H21NO2/c1-20-17-9-8-15(12-18(17)21-2)19-16-10-14(11-16)13-6-4-3-5-7-13/h3-9,12,14,16,19H,10-11H2,1-2H3. The summed E-state index contributed by atoms with van der Waals surface area (Å²) in [5, 5.41) is 3.57. The van der Waals surface area contributed by atoms with E-state index < -0.39 is 0 Å². The van der Waals surface area contributed by atoms with Gasteiger partial charge in [-0.1, -0.05) is 30.3 Å². The van der Waals surface area contributed by atoms with E-state index in [4.69, 9.17) is 9.47 Å². The Morgan fingerprint density at radius 3 is 2.29 bits per heavy atom. The molecule has 3 heteroatoms. The Morgan fingerprint density at radius 2 is 1.62 bits per heavy atom. The SMILES string of the molecule is COc1ccc(NC2CC(c3ccccc3)C2)cc1OC. The van der Waals surface area contributed by atoms with Crippen LogP contribution >= 0.6 is 0 Å². The van der Waals surface area contributed by atoms with E-state index in [2.05, 4.69) is 35.6 Å². The molecule has 2 aromatic rings. The zero-order valence-electron chi connectivity index (χ0n) is 12.5. The van der Waals surface area contributed by atoms with Gasteiger partial charge < -0.3 is 14.8 Å². The first-order valence-electron chi connectivity index (χ1n) is 7.33. The molecule has 21 heavy (non-hydrogen) atoms. The zero-order chi connectivity index (χ0) is 14.7. The number of anilines is 1. The Balaban J connectivity index is 1.59. The fraction of sp³-hybridized carbons (Fsp3) is 0.333. The van der Waals surface area contributed by atoms with Crippen molar-refractivity contribution in [2.75, 3.05) is 19.5 Å². The second-order valence-electron chi connectivity index (χ2n) is 5.49. The molecule has 0 heterocycles. The van der Waals surface area contributed by atoms with Crippen LogP contribution in [0, 0.1) is 0 Å². The van der Waals surface area contributed by atoms with Crippen LogP contribution in [0.15, 0.2) is 48.5 Å². The molecule has 0 saturated heterocycles. The molecular formula is C18H21NO2. The molecule has 1 saturated carbocycles. The van der Waals surface area contributed by atoms with Gasteiger partial charge >= 0.3 is 0 Å². The largest absolute Gasteiger partial charge is 0.493 e. The lowest BCUT2D eigenvalue weighted by Gasteiger charge is -2.37. The number of hydrogen-bond donors (Lipinski definition) is 1. The average Bonchev–Trinajstić information content (AvgIpc) is 2.51. The van der Waals surface area contributed by atoms with Crippen LogP contribution in [0.3, 0.4) is 0 Å². The van der Waals surface area contributed by atoms with Crippen molar-refractivity contribution in [2.45, 2.75) is 24.8 Å². The van der Waals surface area contributed by atoms with Crippen molar-refractivity contribution in [3.05, 3.63) is 54.1 Å². The molecule has 0 radical (unpaired) electrons. The second kappa shape index (κ2) is 6.08. The fourth-order valence-corrected chi connectivity index (χ4v) is 2.89. The highest BCUT2D eigenvalue weighted by atomic mass is 16.5. The predicted octanol–water partition coefficient (Wildman–Crippen LogP) is 4.06. The van der Waals surface area contributed by atoms with Gasteiger partial charge in [-0.25, -0.2) is 0 Å². The van der Waals surface area contributed by atoms with Crippen molar-refractivity contribution in [3.8, 4) is 11.5 Å². The highest BCUT2D eigenvalue weighted by Crippen LogP contribution is 2.39. The maximum atomic E-state index is 5.34. The number of hydrogen-bond acceptors (Lipinski definition) is 3. The van der Waals surface area contributed by atoms with Crippen molar-refractivity contribution >= 4 is 5.69 Å². The molecule has 3 nitrogen and oxygen atoms in total. The number of methoxy groups -OCH3 is 2. The van der Waals surface area contributed by atoms with Crippen molar-refractivity contribution in [1.29, 1.82) is 0 Å². The maximum absolute atomic E-state index is 5.34. The van der Waals surface area contributed by atoms with E-state index >= 15 is 0 Å². The third-order valence-electron chi connectivity index (χ3n) is 4.16. The van der Waals surface area contributed by atoms with Gasteiger partial charge in [0.05, 0.1) is 14.2 Å². The summed E-state index contributed by atoms with van der Waals surface area (Å²) >= 11 is 0. The zero-order valence-corrected chi connectivity index (χ0v) is 12.5. The molecule has 110 valence electrons. The van der Waals surface area contributed by atoms with Crippen LogP contribution in [0.1, 0.15) is 24.3 Å². The van der Waals surface area contributed by atoms with Crippen molar-refractivity contribution in [3.63, 3.8) is 0 Å². The van der Waals surface area contributed by atoms with E-state index in [1.54, 1.807) is 14.2 Å². The van der Waals surface area contributed by atoms with Gasteiger partial charge in [-0.3, -0.25) is 0 Å². The van der Waals surface area contributed by atoms with Crippen LogP contribution in [-0.4, -0.2) is 20.3 Å². The topological polar surface area (TPSA) is 30.5 Å². The first-order chi connectivity index (χ1) is 10.3. The highest BCUT2D eigenvalue weighted by molar-refractivity contribution is 5.55. The monoisotopic (exact) mass is 283 g/mol. The van der Waals surface area contributed by atoms with E-state index in [0.717, 1.165) is 17.2 Å². The summed E-state index contributed by atoms with van der Waals surface area (Å²) in [6.07, 6.45) is 2.36. The Hall–Kier alpha value is -2.16. The highest BCUT2D eigenvalue weighted by Gasteiger charge is 2.30. The fourth-order valence-electron chi connectivity index (χ4n) is 2.89. The summed E-state index contributed by atoms with van der Waals surface area (Å²) in [5.74, 6) is 2.21. The molecule has 0 unspecified atom stereocenters. The number of ether oxygens (including phenoxy) is 2. The lowest BCUT2D eigenvalue weighted by molar-refractivity contribution is 0.354. The third-order valence-corrected chi connectivity index (χ3v) is 4.16. The summed E-state index contributed by atoms with van der Waals surface area (Å²) < 4.78 is 10.6. The van der Waals surface area contributed by atoms with E-state index in [-0.39, 0.29) is 0 Å². The molecule has 0 amide bonds. The quantitative estimate of drug-likeness (QED) is 0.897. The Kier molecular flexibility index (Phi) is 4.00. The first-order valence-corrected chi connectivity index (χ1v) is 7.33. The minimum Gasteiger partial charge on any atom is -0.493 e. The van der Waals surface area contributed by atoms with Crippen molar-refractivity contribution < 1.29 is 9.47 Å². The Morgan fingerprint density at radius 1 is 0.905 bits per heavy atom. The molecule has 0 spiro atoms.